The van der Waals surface area contributed by atoms with E-state index >= 15 is 0 Å². The molecule has 0 aliphatic heterocycles. The van der Waals surface area contributed by atoms with Crippen LogP contribution in [0.25, 0.3) is 0 Å². The molecule has 0 fully saturated rings. The van der Waals surface area contributed by atoms with Gasteiger partial charge in [-0.2, -0.15) is 41.9 Å². The predicted molar refractivity (Wildman–Crippen MR) is 35.3 cm³/mol. The molecule has 0 saturated heterocycles. The first kappa shape index (κ1) is 43.1. The molecule has 0 aromatic heterocycles. The Bertz CT molecular complexity index is 100.0. The molecule has 0 spiro atoms. The van der Waals surface area contributed by atoms with Gasteiger partial charge in [0.2, 0.25) is 0 Å². The van der Waals surface area contributed by atoms with Gasteiger partial charge >= 0.3 is 75.4 Å². The molecule has 3 N–H and O–H groups in total. The van der Waals surface area contributed by atoms with E-state index in [-0.39, 0.29) is 75.4 Å². The third-order valence-electron chi connectivity index (χ3n) is 0. The van der Waals surface area contributed by atoms with E-state index in [4.69, 9.17) is 55.9 Å². The third kappa shape index (κ3) is 949. The zero-order chi connectivity index (χ0) is 13.5. The zero-order valence-corrected chi connectivity index (χ0v) is 8.42. The summed E-state index contributed by atoms with van der Waals surface area (Å²) in [5.74, 6) is 0. The van der Waals surface area contributed by atoms with Gasteiger partial charge in [0.15, 0.2) is 0 Å². The molecular formula is H7Cl3Li4O12. The maximum Gasteiger partial charge on any atom is 0.0777 e. The van der Waals surface area contributed by atoms with E-state index in [0.29, 0.717) is 0 Å². The molecule has 0 heterocycles. The van der Waals surface area contributed by atoms with Crippen molar-refractivity contribution in [2.75, 3.05) is 0 Å². The van der Waals surface area contributed by atoms with Gasteiger partial charge in [-0.15, -0.1) is 0 Å². The number of hydrogen-bond acceptors (Lipinski definition) is 12. The normalized spacial score (nSPS) is 9.47. The van der Waals surface area contributed by atoms with Crippen LogP contribution >= 0.6 is 0 Å². The number of rotatable bonds is 0. The van der Waals surface area contributed by atoms with E-state index in [1.54, 1.807) is 0 Å². The van der Waals surface area contributed by atoms with E-state index in [1.807, 2.05) is 0 Å². The molecule has 0 aliphatic rings. The Balaban J connectivity index is -0.0000000206. The second-order valence-electron chi connectivity index (χ2n) is 1.19. The first-order valence-electron chi connectivity index (χ1n) is 1.90. The van der Waals surface area contributed by atoms with Crippen LogP contribution < -0.4 is 41.9 Å². The van der Waals surface area contributed by atoms with E-state index < -0.39 is 30.7 Å². The quantitative estimate of drug-likeness (QED) is 0.348. The molecule has 0 radical (unpaired) electrons. The molecule has 0 amide bonds. The van der Waals surface area contributed by atoms with Crippen molar-refractivity contribution in [3.8, 4) is 0 Å². The summed E-state index contributed by atoms with van der Waals surface area (Å²) in [5.41, 5.74) is 0. The summed E-state index contributed by atoms with van der Waals surface area (Å²) in [6.07, 6.45) is 0. The zero-order valence-electron chi connectivity index (χ0n) is 6.15. The monoisotopic (exact) mass is 332 g/mol. The minimum absolute atomic E-state index is 0. The van der Waals surface area contributed by atoms with E-state index in [0.717, 1.165) is 0 Å². The van der Waals surface area contributed by atoms with Crippen LogP contribution in [0.4, 0.5) is 0 Å². The summed E-state index contributed by atoms with van der Waals surface area (Å²) in [7, 11) is -14.1. The molecule has 19 heavy (non-hydrogen) atoms. The smallest absolute Gasteiger partial charge is 0.0777 e. The molecular weight excluding hydrogens is 326 g/mol. The Morgan fingerprint density at radius 3 is 0.368 bits per heavy atom. The Kier molecular flexibility index (Phi) is 42.7. The molecule has 0 aliphatic carbocycles. The fourth-order valence-electron chi connectivity index (χ4n) is 0. The Morgan fingerprint density at radius 1 is 0.368 bits per heavy atom. The van der Waals surface area contributed by atoms with Crippen molar-refractivity contribution in [3.63, 3.8) is 0 Å². The summed E-state index contributed by atoms with van der Waals surface area (Å²) in [4.78, 5) is 0. The summed E-state index contributed by atoms with van der Waals surface area (Å²) in [5, 5.41) is 0. The van der Waals surface area contributed by atoms with Crippen LogP contribution in [0.2, 0.25) is 0 Å². The van der Waals surface area contributed by atoms with Gasteiger partial charge in [-0.3, -0.25) is 0 Å². The van der Waals surface area contributed by atoms with Crippen LogP contribution in [0.3, 0.4) is 0 Å². The van der Waals surface area contributed by atoms with E-state index in [1.165, 1.54) is 0 Å². The second kappa shape index (κ2) is 18.8. The van der Waals surface area contributed by atoms with Crippen LogP contribution in [0, 0.1) is 30.7 Å². The van der Waals surface area contributed by atoms with Crippen molar-refractivity contribution < 1.29 is 86.6 Å². The van der Waals surface area contributed by atoms with Gasteiger partial charge < -0.3 is 0 Å². The van der Waals surface area contributed by atoms with Gasteiger partial charge in [0.05, 0.1) is 44.7 Å². The minimum atomic E-state index is -4.69. The predicted octanol–water partition coefficient (Wildman–Crippen LogP) is -15.0. The second-order valence-corrected chi connectivity index (χ2v) is 3.56. The largest absolute Gasteiger partial charge is 0.183 e. The van der Waals surface area contributed by atoms with Crippen molar-refractivity contribution in [1.29, 1.82) is 0 Å². The molecule has 19 heteroatoms. The standard InChI is InChI=1S/3ClHO4.4Li.4H/c3*2-1(3,4)5;;;;;;;;/h3*(H,2,3,4,5);;;;;;;;. The molecule has 0 atom stereocenters. The van der Waals surface area contributed by atoms with E-state index in [9.17, 15) is 0 Å². The molecule has 0 saturated carbocycles. The molecule has 0 unspecified atom stereocenters. The SMILES string of the molecule is [LiH].[LiH].[LiH].[LiH].[O-][Cl+3]([O-])([O-])O.[O-][Cl+3]([O-])([O-])O.[O-][Cl+3]([O-])([O-])O. The summed E-state index contributed by atoms with van der Waals surface area (Å²) in [6, 6.07) is 0. The van der Waals surface area contributed by atoms with Crippen LogP contribution in [0.5, 0.6) is 0 Å². The van der Waals surface area contributed by atoms with E-state index in [2.05, 4.69) is 0 Å². The van der Waals surface area contributed by atoms with Crippen LogP contribution in [0.1, 0.15) is 0 Å². The summed E-state index contributed by atoms with van der Waals surface area (Å²) < 4.78 is 98.2. The van der Waals surface area contributed by atoms with Crippen molar-refractivity contribution in [2.24, 2.45) is 0 Å². The maximum atomic E-state index is 8.60. The minimum Gasteiger partial charge on any atom is -0.183 e. The average molecular weight is 333 g/mol. The van der Waals surface area contributed by atoms with Crippen LogP contribution in [0.15, 0.2) is 0 Å². The fourth-order valence-corrected chi connectivity index (χ4v) is 0. The van der Waals surface area contributed by atoms with Gasteiger partial charge in [0, 0.05) is 0 Å². The Morgan fingerprint density at radius 2 is 0.368 bits per heavy atom. The summed E-state index contributed by atoms with van der Waals surface area (Å²) >= 11 is 0. The van der Waals surface area contributed by atoms with Crippen molar-refractivity contribution in [2.45, 2.75) is 0 Å². The molecule has 0 aromatic carbocycles. The number of hydrogen-bond donors (Lipinski definition) is 3. The van der Waals surface area contributed by atoms with Crippen molar-refractivity contribution in [1.82, 2.24) is 0 Å². The first-order chi connectivity index (χ1) is 6.00. The Hall–Kier alpha value is 2.78. The van der Waals surface area contributed by atoms with Gasteiger partial charge in [-0.1, -0.05) is 0 Å². The van der Waals surface area contributed by atoms with Gasteiger partial charge in [-0.25, -0.2) is 0 Å². The average Bonchev–Trinajstić information content (AvgIpc) is 1.41. The molecule has 12 nitrogen and oxygen atoms in total. The first-order valence-corrected chi connectivity index (χ1v) is 5.69. The molecule has 0 bridgehead atoms. The fraction of sp³-hybridized carbons (Fsp3) is 0. The number of halogens is 3. The van der Waals surface area contributed by atoms with Crippen LogP contribution in [-0.2, 0) is 0 Å². The van der Waals surface area contributed by atoms with Crippen molar-refractivity contribution in [3.05, 3.63) is 0 Å². The molecule has 0 rings (SSSR count). The van der Waals surface area contributed by atoms with Crippen molar-refractivity contribution >= 4 is 75.4 Å². The van der Waals surface area contributed by atoms with Gasteiger partial charge in [0.1, 0.15) is 0 Å². The Labute approximate surface area is 160 Å². The molecule has 0 aromatic rings. The third-order valence-corrected chi connectivity index (χ3v) is 0. The summed E-state index contributed by atoms with van der Waals surface area (Å²) in [6.45, 7) is 0. The maximum absolute atomic E-state index is 8.60. The molecule has 104 valence electrons. The van der Waals surface area contributed by atoms with Crippen LogP contribution in [-0.4, -0.2) is 89.4 Å². The van der Waals surface area contributed by atoms with Gasteiger partial charge in [0.25, 0.3) is 0 Å². The van der Waals surface area contributed by atoms with Gasteiger partial charge in [-0.05, 0) is 0 Å². The topological polar surface area (TPSA) is 268 Å².